The van der Waals surface area contributed by atoms with E-state index in [1.165, 1.54) is 10.5 Å². The number of benzene rings is 2. The topological polar surface area (TPSA) is 21.3 Å². The molecule has 0 saturated carbocycles. The molecule has 0 saturated heterocycles. The third-order valence-electron chi connectivity index (χ3n) is 2.93. The minimum Gasteiger partial charge on any atom is -0.492 e. The average Bonchev–Trinajstić information content (AvgIpc) is 2.52. The molecule has 2 rings (SSSR count). The summed E-state index contributed by atoms with van der Waals surface area (Å²) in [5.41, 5.74) is 1.26. The Bertz CT molecular complexity index is 548. The summed E-state index contributed by atoms with van der Waals surface area (Å²) in [5.74, 6) is 1.85. The molecule has 0 fully saturated rings. The van der Waals surface area contributed by atoms with Crippen LogP contribution in [0.5, 0.6) is 5.75 Å². The average molecular weight is 366 g/mol. The van der Waals surface area contributed by atoms with Crippen LogP contribution in [0.2, 0.25) is 0 Å². The van der Waals surface area contributed by atoms with Gasteiger partial charge in [-0.1, -0.05) is 31.2 Å². The first-order valence-electron chi connectivity index (χ1n) is 7.09. The predicted molar refractivity (Wildman–Crippen MR) is 94.2 cm³/mol. The molecule has 0 heterocycles. The fourth-order valence-electron chi connectivity index (χ4n) is 1.87. The maximum atomic E-state index is 5.83. The standard InChI is InChI=1S/C17H20BrNOS/c1-2-19-13-14-8-9-17(16(18)12-14)20-10-11-21-15-6-4-3-5-7-15/h3-9,12,19H,2,10-11,13H2,1H3. The van der Waals surface area contributed by atoms with Crippen LogP contribution >= 0.6 is 27.7 Å². The Morgan fingerprint density at radius 1 is 1.14 bits per heavy atom. The van der Waals surface area contributed by atoms with Crippen LogP contribution in [0.15, 0.2) is 57.9 Å². The van der Waals surface area contributed by atoms with Crippen LogP contribution in [0.25, 0.3) is 0 Å². The molecule has 0 unspecified atom stereocenters. The lowest BCUT2D eigenvalue weighted by Crippen LogP contribution is -2.11. The predicted octanol–water partition coefficient (Wildman–Crippen LogP) is 4.73. The van der Waals surface area contributed by atoms with Crippen molar-refractivity contribution in [3.8, 4) is 5.75 Å². The van der Waals surface area contributed by atoms with Crippen LogP contribution in [0.1, 0.15) is 12.5 Å². The van der Waals surface area contributed by atoms with Crippen molar-refractivity contribution in [2.45, 2.75) is 18.4 Å². The Balaban J connectivity index is 1.78. The second kappa shape index (κ2) is 9.13. The van der Waals surface area contributed by atoms with E-state index in [4.69, 9.17) is 4.74 Å². The van der Waals surface area contributed by atoms with Gasteiger partial charge in [-0.3, -0.25) is 0 Å². The van der Waals surface area contributed by atoms with Gasteiger partial charge < -0.3 is 10.1 Å². The molecule has 0 aliphatic heterocycles. The SMILES string of the molecule is CCNCc1ccc(OCCSc2ccccc2)c(Br)c1. The van der Waals surface area contributed by atoms with Gasteiger partial charge in [0.25, 0.3) is 0 Å². The highest BCUT2D eigenvalue weighted by Gasteiger charge is 2.03. The van der Waals surface area contributed by atoms with Gasteiger partial charge in [0.1, 0.15) is 5.75 Å². The van der Waals surface area contributed by atoms with Crippen molar-refractivity contribution >= 4 is 27.7 Å². The second-order valence-corrected chi connectivity index (χ2v) is 6.58. The zero-order valence-corrected chi connectivity index (χ0v) is 14.5. The summed E-state index contributed by atoms with van der Waals surface area (Å²) in [4.78, 5) is 1.28. The third-order valence-corrected chi connectivity index (χ3v) is 4.52. The lowest BCUT2D eigenvalue weighted by molar-refractivity contribution is 0.341. The second-order valence-electron chi connectivity index (χ2n) is 4.56. The van der Waals surface area contributed by atoms with E-state index in [0.29, 0.717) is 6.61 Å². The first-order chi connectivity index (χ1) is 10.3. The molecular formula is C17H20BrNOS. The van der Waals surface area contributed by atoms with E-state index in [0.717, 1.165) is 29.1 Å². The van der Waals surface area contributed by atoms with E-state index in [2.05, 4.69) is 64.6 Å². The van der Waals surface area contributed by atoms with Gasteiger partial charge in [0, 0.05) is 17.2 Å². The first kappa shape index (κ1) is 16.4. The molecule has 112 valence electrons. The Kier molecular flexibility index (Phi) is 7.13. The van der Waals surface area contributed by atoms with Gasteiger partial charge in [0.05, 0.1) is 11.1 Å². The zero-order valence-electron chi connectivity index (χ0n) is 12.1. The van der Waals surface area contributed by atoms with Crippen molar-refractivity contribution < 1.29 is 4.74 Å². The van der Waals surface area contributed by atoms with E-state index in [1.807, 2.05) is 23.9 Å². The molecule has 0 radical (unpaired) electrons. The number of halogens is 1. The highest BCUT2D eigenvalue weighted by atomic mass is 79.9. The molecule has 4 heteroatoms. The summed E-state index contributed by atoms with van der Waals surface area (Å²) in [7, 11) is 0. The minimum atomic E-state index is 0.699. The van der Waals surface area contributed by atoms with Crippen LogP contribution in [-0.2, 0) is 6.54 Å². The summed E-state index contributed by atoms with van der Waals surface area (Å²) in [5, 5.41) is 3.32. The molecule has 0 bridgehead atoms. The molecule has 0 aliphatic carbocycles. The smallest absolute Gasteiger partial charge is 0.133 e. The fourth-order valence-corrected chi connectivity index (χ4v) is 3.16. The fraction of sp³-hybridized carbons (Fsp3) is 0.294. The summed E-state index contributed by atoms with van der Waals surface area (Å²) < 4.78 is 6.85. The normalized spacial score (nSPS) is 10.6. The number of thioether (sulfide) groups is 1. The number of hydrogen-bond acceptors (Lipinski definition) is 3. The van der Waals surface area contributed by atoms with Crippen LogP contribution in [0.4, 0.5) is 0 Å². The van der Waals surface area contributed by atoms with E-state index >= 15 is 0 Å². The number of rotatable bonds is 8. The van der Waals surface area contributed by atoms with Crippen molar-refractivity contribution in [3.05, 3.63) is 58.6 Å². The van der Waals surface area contributed by atoms with E-state index in [9.17, 15) is 0 Å². The van der Waals surface area contributed by atoms with Crippen LogP contribution in [0.3, 0.4) is 0 Å². The molecule has 2 aromatic carbocycles. The van der Waals surface area contributed by atoms with Gasteiger partial charge >= 0.3 is 0 Å². The van der Waals surface area contributed by atoms with Crippen molar-refractivity contribution in [2.75, 3.05) is 18.9 Å². The lowest BCUT2D eigenvalue weighted by atomic mass is 10.2. The zero-order chi connectivity index (χ0) is 14.9. The van der Waals surface area contributed by atoms with Crippen LogP contribution in [0, 0.1) is 0 Å². The minimum absolute atomic E-state index is 0.699. The van der Waals surface area contributed by atoms with Crippen LogP contribution < -0.4 is 10.1 Å². The Morgan fingerprint density at radius 2 is 1.95 bits per heavy atom. The maximum absolute atomic E-state index is 5.83. The maximum Gasteiger partial charge on any atom is 0.133 e. The Hall–Kier alpha value is -0.970. The molecule has 0 amide bonds. The van der Waals surface area contributed by atoms with Gasteiger partial charge in [0.15, 0.2) is 0 Å². The van der Waals surface area contributed by atoms with E-state index < -0.39 is 0 Å². The summed E-state index contributed by atoms with van der Waals surface area (Å²) in [6, 6.07) is 16.6. The van der Waals surface area contributed by atoms with Crippen molar-refractivity contribution in [1.29, 1.82) is 0 Å². The third kappa shape index (κ3) is 5.73. The summed E-state index contributed by atoms with van der Waals surface area (Å²) in [6.07, 6.45) is 0. The van der Waals surface area contributed by atoms with E-state index in [1.54, 1.807) is 0 Å². The molecule has 0 aliphatic rings. The number of hydrogen-bond donors (Lipinski definition) is 1. The molecule has 1 N–H and O–H groups in total. The van der Waals surface area contributed by atoms with Gasteiger partial charge in [-0.2, -0.15) is 0 Å². The summed E-state index contributed by atoms with van der Waals surface area (Å²) in [6.45, 7) is 4.67. The largest absolute Gasteiger partial charge is 0.492 e. The molecular weight excluding hydrogens is 346 g/mol. The van der Waals surface area contributed by atoms with Gasteiger partial charge in [-0.15, -0.1) is 11.8 Å². The lowest BCUT2D eigenvalue weighted by Gasteiger charge is -2.10. The van der Waals surface area contributed by atoms with Crippen molar-refractivity contribution in [1.82, 2.24) is 5.32 Å². The molecule has 2 aromatic rings. The molecule has 0 atom stereocenters. The van der Waals surface area contributed by atoms with E-state index in [-0.39, 0.29) is 0 Å². The molecule has 21 heavy (non-hydrogen) atoms. The highest BCUT2D eigenvalue weighted by molar-refractivity contribution is 9.10. The van der Waals surface area contributed by atoms with Crippen LogP contribution in [-0.4, -0.2) is 18.9 Å². The monoisotopic (exact) mass is 365 g/mol. The van der Waals surface area contributed by atoms with Gasteiger partial charge in [-0.25, -0.2) is 0 Å². The summed E-state index contributed by atoms with van der Waals surface area (Å²) >= 11 is 5.39. The number of nitrogens with one attached hydrogen (secondary N) is 1. The number of ether oxygens (including phenoxy) is 1. The molecule has 0 spiro atoms. The van der Waals surface area contributed by atoms with Crippen molar-refractivity contribution in [3.63, 3.8) is 0 Å². The quantitative estimate of drug-likeness (QED) is 0.539. The van der Waals surface area contributed by atoms with Crippen molar-refractivity contribution in [2.24, 2.45) is 0 Å². The molecule has 2 nitrogen and oxygen atoms in total. The highest BCUT2D eigenvalue weighted by Crippen LogP contribution is 2.26. The Labute approximate surface area is 139 Å². The first-order valence-corrected chi connectivity index (χ1v) is 8.87. The molecule has 0 aromatic heterocycles. The van der Waals surface area contributed by atoms with Gasteiger partial charge in [-0.05, 0) is 52.3 Å². The van der Waals surface area contributed by atoms with Gasteiger partial charge in [0.2, 0.25) is 0 Å². The Morgan fingerprint density at radius 3 is 2.67 bits per heavy atom.